The van der Waals surface area contributed by atoms with E-state index in [9.17, 15) is 4.39 Å². The van der Waals surface area contributed by atoms with Crippen LogP contribution in [0.3, 0.4) is 0 Å². The van der Waals surface area contributed by atoms with E-state index in [-0.39, 0.29) is 12.2 Å². The molecule has 0 unspecified atom stereocenters. The Morgan fingerprint density at radius 3 is 2.50 bits per heavy atom. The summed E-state index contributed by atoms with van der Waals surface area (Å²) in [7, 11) is 0. The second-order valence-electron chi connectivity index (χ2n) is 7.02. The smallest absolute Gasteiger partial charge is 0.163 e. The molecule has 0 radical (unpaired) electrons. The molecule has 4 rings (SSSR count). The molecule has 0 spiro atoms. The quantitative estimate of drug-likeness (QED) is 0.401. The number of hydrogen-bond acceptors (Lipinski definition) is 5. The van der Waals surface area contributed by atoms with Crippen molar-refractivity contribution in [2.75, 3.05) is 25.1 Å². The third-order valence-electron chi connectivity index (χ3n) is 4.87. The van der Waals surface area contributed by atoms with Gasteiger partial charge in [-0.15, -0.1) is 0 Å². The second-order valence-corrected chi connectivity index (χ2v) is 7.84. The van der Waals surface area contributed by atoms with E-state index in [4.69, 9.17) is 42.1 Å². The zero-order valence-corrected chi connectivity index (χ0v) is 18.9. The highest BCUT2D eigenvalue weighted by atomic mass is 35.5. The summed E-state index contributed by atoms with van der Waals surface area (Å²) in [4.78, 5) is 0. The molecule has 1 aliphatic heterocycles. The van der Waals surface area contributed by atoms with E-state index >= 15 is 0 Å². The van der Waals surface area contributed by atoms with Crippen molar-refractivity contribution in [3.8, 4) is 23.0 Å². The van der Waals surface area contributed by atoms with E-state index < -0.39 is 5.82 Å². The van der Waals surface area contributed by atoms with Crippen LogP contribution >= 0.6 is 23.2 Å². The standard InChI is InChI=1S/C24H22Cl2FNO4/c1-2-29-22-10-15(13-28-16-6-7-21-23(11-16)31-9-8-30-21)19(26)12-24(22)32-14-17-18(25)4-3-5-20(17)27/h3-7,10-12,28H,2,8-9,13-14H2,1H3. The summed E-state index contributed by atoms with van der Waals surface area (Å²) in [6.45, 7) is 3.80. The minimum absolute atomic E-state index is 0.0449. The highest BCUT2D eigenvalue weighted by Gasteiger charge is 2.15. The monoisotopic (exact) mass is 477 g/mol. The van der Waals surface area contributed by atoms with Gasteiger partial charge in [0.15, 0.2) is 23.0 Å². The average Bonchev–Trinajstić information content (AvgIpc) is 2.79. The summed E-state index contributed by atoms with van der Waals surface area (Å²) in [6.07, 6.45) is 0. The first-order valence-corrected chi connectivity index (χ1v) is 10.9. The molecule has 0 fully saturated rings. The van der Waals surface area contributed by atoms with Crippen LogP contribution in [0.1, 0.15) is 18.1 Å². The van der Waals surface area contributed by atoms with Crippen LogP contribution < -0.4 is 24.3 Å². The third kappa shape index (κ3) is 5.14. The van der Waals surface area contributed by atoms with Gasteiger partial charge in [-0.05, 0) is 42.8 Å². The third-order valence-corrected chi connectivity index (χ3v) is 5.58. The molecule has 1 N–H and O–H groups in total. The highest BCUT2D eigenvalue weighted by molar-refractivity contribution is 6.31. The molecule has 0 amide bonds. The van der Waals surface area contributed by atoms with E-state index in [0.29, 0.717) is 53.7 Å². The fourth-order valence-corrected chi connectivity index (χ4v) is 3.70. The first kappa shape index (κ1) is 22.4. The lowest BCUT2D eigenvalue weighted by molar-refractivity contribution is 0.171. The average molecular weight is 478 g/mol. The van der Waals surface area contributed by atoms with E-state index in [0.717, 1.165) is 17.0 Å². The molecule has 0 aliphatic carbocycles. The summed E-state index contributed by atoms with van der Waals surface area (Å²) < 4.78 is 36.8. The molecule has 168 valence electrons. The minimum atomic E-state index is -0.429. The van der Waals surface area contributed by atoms with Crippen molar-refractivity contribution < 1.29 is 23.3 Å². The van der Waals surface area contributed by atoms with Gasteiger partial charge in [0.2, 0.25) is 0 Å². The lowest BCUT2D eigenvalue weighted by Crippen LogP contribution is -2.15. The Hall–Kier alpha value is -2.83. The molecule has 0 saturated heterocycles. The summed E-state index contributed by atoms with van der Waals surface area (Å²) in [5, 5.41) is 4.12. The maximum atomic E-state index is 14.1. The van der Waals surface area contributed by atoms with Gasteiger partial charge in [-0.25, -0.2) is 4.39 Å². The van der Waals surface area contributed by atoms with Gasteiger partial charge in [-0.1, -0.05) is 29.3 Å². The number of anilines is 1. The Labute approximate surface area is 196 Å². The number of ether oxygens (including phenoxy) is 4. The largest absolute Gasteiger partial charge is 0.490 e. The lowest BCUT2D eigenvalue weighted by atomic mass is 10.1. The molecular weight excluding hydrogens is 456 g/mol. The van der Waals surface area contributed by atoms with Gasteiger partial charge in [-0.2, -0.15) is 0 Å². The number of hydrogen-bond donors (Lipinski definition) is 1. The predicted octanol–water partition coefficient (Wildman–Crippen LogP) is 6.49. The van der Waals surface area contributed by atoms with Gasteiger partial charge in [0.25, 0.3) is 0 Å². The number of benzene rings is 3. The van der Waals surface area contributed by atoms with Crippen molar-refractivity contribution in [2.24, 2.45) is 0 Å². The summed E-state index contributed by atoms with van der Waals surface area (Å²) in [6, 6.07) is 13.7. The van der Waals surface area contributed by atoms with Crippen molar-refractivity contribution >= 4 is 28.9 Å². The molecular formula is C24H22Cl2FNO4. The zero-order valence-electron chi connectivity index (χ0n) is 17.4. The Bertz CT molecular complexity index is 1090. The van der Waals surface area contributed by atoms with Crippen LogP contribution in [0.4, 0.5) is 10.1 Å². The molecule has 1 aliphatic rings. The minimum Gasteiger partial charge on any atom is -0.490 e. The van der Waals surface area contributed by atoms with Crippen LogP contribution in [0, 0.1) is 5.82 Å². The molecule has 0 atom stereocenters. The van der Waals surface area contributed by atoms with Crippen LogP contribution in [0.2, 0.25) is 10.0 Å². The van der Waals surface area contributed by atoms with E-state index in [2.05, 4.69) is 5.32 Å². The summed E-state index contributed by atoms with van der Waals surface area (Å²) >= 11 is 12.6. The first-order valence-electron chi connectivity index (χ1n) is 10.2. The van der Waals surface area contributed by atoms with Crippen molar-refractivity contribution in [3.05, 3.63) is 75.5 Å². The highest BCUT2D eigenvalue weighted by Crippen LogP contribution is 2.36. The maximum absolute atomic E-state index is 14.1. The summed E-state index contributed by atoms with van der Waals surface area (Å²) in [5.41, 5.74) is 1.97. The van der Waals surface area contributed by atoms with Gasteiger partial charge in [-0.3, -0.25) is 0 Å². The summed E-state index contributed by atoms with van der Waals surface area (Å²) in [5.74, 6) is 1.94. The van der Waals surface area contributed by atoms with E-state index in [1.165, 1.54) is 6.07 Å². The molecule has 3 aromatic carbocycles. The topological polar surface area (TPSA) is 49.0 Å². The van der Waals surface area contributed by atoms with E-state index in [1.807, 2.05) is 31.2 Å². The number of rotatable bonds is 8. The van der Waals surface area contributed by atoms with Crippen LogP contribution in [0.15, 0.2) is 48.5 Å². The van der Waals surface area contributed by atoms with Gasteiger partial charge >= 0.3 is 0 Å². The van der Waals surface area contributed by atoms with Crippen molar-refractivity contribution in [1.29, 1.82) is 0 Å². The van der Waals surface area contributed by atoms with Gasteiger partial charge < -0.3 is 24.3 Å². The second kappa shape index (κ2) is 10.2. The fourth-order valence-electron chi connectivity index (χ4n) is 3.26. The van der Waals surface area contributed by atoms with Crippen molar-refractivity contribution in [1.82, 2.24) is 0 Å². The molecule has 5 nitrogen and oxygen atoms in total. The lowest BCUT2D eigenvalue weighted by Gasteiger charge is -2.19. The maximum Gasteiger partial charge on any atom is 0.163 e. The number of nitrogens with one attached hydrogen (secondary N) is 1. The van der Waals surface area contributed by atoms with Crippen LogP contribution in [0.5, 0.6) is 23.0 Å². The molecule has 0 saturated carbocycles. The van der Waals surface area contributed by atoms with Gasteiger partial charge in [0.05, 0.1) is 11.6 Å². The van der Waals surface area contributed by atoms with E-state index in [1.54, 1.807) is 18.2 Å². The molecule has 32 heavy (non-hydrogen) atoms. The van der Waals surface area contributed by atoms with Crippen LogP contribution in [0.25, 0.3) is 0 Å². The fraction of sp³-hybridized carbons (Fsp3) is 0.250. The Morgan fingerprint density at radius 1 is 0.938 bits per heavy atom. The Balaban J connectivity index is 1.49. The van der Waals surface area contributed by atoms with Crippen LogP contribution in [-0.2, 0) is 13.2 Å². The molecule has 1 heterocycles. The van der Waals surface area contributed by atoms with Crippen molar-refractivity contribution in [3.63, 3.8) is 0 Å². The molecule has 8 heteroatoms. The number of fused-ring (bicyclic) bond motifs is 1. The Morgan fingerprint density at radius 2 is 1.72 bits per heavy atom. The molecule has 0 aromatic heterocycles. The molecule has 0 bridgehead atoms. The van der Waals surface area contributed by atoms with Gasteiger partial charge in [0.1, 0.15) is 25.6 Å². The van der Waals surface area contributed by atoms with Crippen molar-refractivity contribution in [2.45, 2.75) is 20.1 Å². The SMILES string of the molecule is CCOc1cc(CNc2ccc3c(c2)OCCO3)c(Cl)cc1OCc1c(F)cccc1Cl. The first-order chi connectivity index (χ1) is 15.5. The normalized spacial score (nSPS) is 12.4. The van der Waals surface area contributed by atoms with Gasteiger partial charge in [0, 0.05) is 35.0 Å². The Kier molecular flexibility index (Phi) is 7.12. The number of halogens is 3. The predicted molar refractivity (Wildman–Crippen MR) is 123 cm³/mol. The molecule has 3 aromatic rings. The van der Waals surface area contributed by atoms with Crippen LogP contribution in [-0.4, -0.2) is 19.8 Å². The zero-order chi connectivity index (χ0) is 22.5.